The first-order valence-corrected chi connectivity index (χ1v) is 3.67. The van der Waals surface area contributed by atoms with Crippen LogP contribution in [-0.2, 0) is 4.79 Å². The number of nitrogens with one attached hydrogen (secondary N) is 1. The molecule has 6 N–H and O–H groups in total. The Morgan fingerprint density at radius 2 is 2.38 bits per heavy atom. The SMILES string of the molecule is CC(O)C1N=C(N=C(N)N)NC1=O. The number of hydrogen-bond donors (Lipinski definition) is 4. The largest absolute Gasteiger partial charge is 0.391 e. The van der Waals surface area contributed by atoms with Gasteiger partial charge in [-0.25, -0.2) is 4.99 Å². The third-order valence-corrected chi connectivity index (χ3v) is 1.46. The van der Waals surface area contributed by atoms with E-state index in [1.54, 1.807) is 0 Å². The summed E-state index contributed by atoms with van der Waals surface area (Å²) < 4.78 is 0. The normalized spacial score (nSPS) is 23.4. The van der Waals surface area contributed by atoms with E-state index in [9.17, 15) is 4.79 Å². The summed E-state index contributed by atoms with van der Waals surface area (Å²) in [6.07, 6.45) is -0.855. The quantitative estimate of drug-likeness (QED) is 0.266. The second kappa shape index (κ2) is 3.40. The first-order chi connectivity index (χ1) is 6.00. The van der Waals surface area contributed by atoms with Crippen LogP contribution >= 0.6 is 0 Å². The van der Waals surface area contributed by atoms with E-state index < -0.39 is 18.1 Å². The molecule has 0 aliphatic carbocycles. The number of rotatable bonds is 1. The highest BCUT2D eigenvalue weighted by molar-refractivity contribution is 6.08. The number of nitrogens with two attached hydrogens (primary N) is 2. The van der Waals surface area contributed by atoms with Crippen LogP contribution in [0.25, 0.3) is 0 Å². The fourth-order valence-electron chi connectivity index (χ4n) is 0.913. The highest BCUT2D eigenvalue weighted by Crippen LogP contribution is 2.05. The van der Waals surface area contributed by atoms with E-state index in [-0.39, 0.29) is 11.9 Å². The van der Waals surface area contributed by atoms with Crippen molar-refractivity contribution in [2.75, 3.05) is 0 Å². The molecule has 0 saturated carbocycles. The molecule has 0 aromatic heterocycles. The summed E-state index contributed by atoms with van der Waals surface area (Å²) in [5.74, 6) is -0.559. The summed E-state index contributed by atoms with van der Waals surface area (Å²) in [6.45, 7) is 1.46. The lowest BCUT2D eigenvalue weighted by molar-refractivity contribution is -0.121. The fourth-order valence-corrected chi connectivity index (χ4v) is 0.913. The molecule has 0 saturated heterocycles. The minimum Gasteiger partial charge on any atom is -0.391 e. The van der Waals surface area contributed by atoms with Crippen LogP contribution in [0, 0.1) is 0 Å². The van der Waals surface area contributed by atoms with E-state index in [0.717, 1.165) is 0 Å². The molecule has 2 atom stereocenters. The Labute approximate surface area is 74.5 Å². The van der Waals surface area contributed by atoms with Crippen molar-refractivity contribution in [3.05, 3.63) is 0 Å². The van der Waals surface area contributed by atoms with Crippen molar-refractivity contribution in [3.63, 3.8) is 0 Å². The Morgan fingerprint density at radius 3 is 2.77 bits per heavy atom. The molecule has 7 nitrogen and oxygen atoms in total. The van der Waals surface area contributed by atoms with Crippen molar-refractivity contribution >= 4 is 17.8 Å². The molecule has 0 aromatic rings. The van der Waals surface area contributed by atoms with E-state index in [1.165, 1.54) is 6.92 Å². The van der Waals surface area contributed by atoms with Crippen molar-refractivity contribution in [2.24, 2.45) is 21.5 Å². The van der Waals surface area contributed by atoms with Crippen molar-refractivity contribution in [2.45, 2.75) is 19.1 Å². The topological polar surface area (TPSA) is 126 Å². The predicted molar refractivity (Wildman–Crippen MR) is 46.9 cm³/mol. The summed E-state index contributed by atoms with van der Waals surface area (Å²) in [5, 5.41) is 11.4. The summed E-state index contributed by atoms with van der Waals surface area (Å²) in [7, 11) is 0. The first-order valence-electron chi connectivity index (χ1n) is 3.67. The van der Waals surface area contributed by atoms with E-state index in [1.807, 2.05) is 0 Å². The van der Waals surface area contributed by atoms with Crippen LogP contribution in [-0.4, -0.2) is 35.1 Å². The number of aliphatic hydroxyl groups excluding tert-OH is 1. The molecule has 2 unspecified atom stereocenters. The number of aliphatic imine (C=N–C) groups is 2. The molecule has 0 radical (unpaired) electrons. The maximum atomic E-state index is 11.1. The number of carbonyl (C=O) groups is 1. The van der Waals surface area contributed by atoms with E-state index in [4.69, 9.17) is 16.6 Å². The molecule has 1 aliphatic heterocycles. The average Bonchev–Trinajstić information content (AvgIpc) is 2.29. The van der Waals surface area contributed by atoms with Crippen molar-refractivity contribution in [1.82, 2.24) is 5.32 Å². The number of carbonyl (C=O) groups excluding carboxylic acids is 1. The minimum absolute atomic E-state index is 0.0379. The van der Waals surface area contributed by atoms with Gasteiger partial charge in [0.05, 0.1) is 6.10 Å². The van der Waals surface area contributed by atoms with Crippen LogP contribution in [0.15, 0.2) is 9.98 Å². The van der Waals surface area contributed by atoms with Crippen molar-refractivity contribution in [1.29, 1.82) is 0 Å². The molecule has 0 spiro atoms. The molecular weight excluding hydrogens is 174 g/mol. The van der Waals surface area contributed by atoms with Gasteiger partial charge in [0.25, 0.3) is 5.91 Å². The number of aliphatic hydroxyl groups is 1. The van der Waals surface area contributed by atoms with Crippen molar-refractivity contribution in [3.8, 4) is 0 Å². The molecule has 1 rings (SSSR count). The minimum atomic E-state index is -0.855. The zero-order valence-electron chi connectivity index (χ0n) is 7.06. The second-order valence-corrected chi connectivity index (χ2v) is 2.66. The Hall–Kier alpha value is -1.63. The average molecular weight is 185 g/mol. The molecule has 1 heterocycles. The van der Waals surface area contributed by atoms with Crippen LogP contribution in [0.2, 0.25) is 0 Å². The third kappa shape index (κ3) is 2.15. The second-order valence-electron chi connectivity index (χ2n) is 2.66. The van der Waals surface area contributed by atoms with Gasteiger partial charge >= 0.3 is 0 Å². The van der Waals surface area contributed by atoms with Crippen molar-refractivity contribution < 1.29 is 9.90 Å². The number of hydrogen-bond acceptors (Lipinski definition) is 4. The van der Waals surface area contributed by atoms with Crippen LogP contribution < -0.4 is 16.8 Å². The number of guanidine groups is 2. The lowest BCUT2D eigenvalue weighted by atomic mass is 10.2. The molecule has 1 amide bonds. The molecule has 1 aliphatic rings. The van der Waals surface area contributed by atoms with Gasteiger partial charge in [-0.15, -0.1) is 0 Å². The predicted octanol–water partition coefficient (Wildman–Crippen LogP) is -2.50. The van der Waals surface area contributed by atoms with Crippen LogP contribution in [0.5, 0.6) is 0 Å². The Kier molecular flexibility index (Phi) is 2.47. The summed E-state index contributed by atoms with van der Waals surface area (Å²) >= 11 is 0. The first kappa shape index (κ1) is 9.46. The van der Waals surface area contributed by atoms with Gasteiger partial charge in [0.2, 0.25) is 5.96 Å². The smallest absolute Gasteiger partial charge is 0.254 e. The van der Waals surface area contributed by atoms with Crippen LogP contribution in [0.1, 0.15) is 6.92 Å². The van der Waals surface area contributed by atoms with Gasteiger partial charge in [-0.3, -0.25) is 10.1 Å². The Balaban J connectivity index is 2.78. The monoisotopic (exact) mass is 185 g/mol. The van der Waals surface area contributed by atoms with Crippen LogP contribution in [0.3, 0.4) is 0 Å². The molecule has 13 heavy (non-hydrogen) atoms. The van der Waals surface area contributed by atoms with Gasteiger partial charge < -0.3 is 16.6 Å². The van der Waals surface area contributed by atoms with Gasteiger partial charge in [0, 0.05) is 0 Å². The van der Waals surface area contributed by atoms with E-state index in [2.05, 4.69) is 15.3 Å². The summed E-state index contributed by atoms with van der Waals surface area (Å²) in [6, 6.07) is -0.821. The third-order valence-electron chi connectivity index (χ3n) is 1.46. The zero-order chi connectivity index (χ0) is 10.0. The zero-order valence-corrected chi connectivity index (χ0v) is 7.06. The lowest BCUT2D eigenvalue weighted by Crippen LogP contribution is -2.35. The maximum Gasteiger partial charge on any atom is 0.254 e. The highest BCUT2D eigenvalue weighted by atomic mass is 16.3. The summed E-state index contributed by atoms with van der Waals surface area (Å²) in [5.41, 5.74) is 10.1. The Morgan fingerprint density at radius 1 is 1.77 bits per heavy atom. The Bertz CT molecular complexity index is 279. The van der Waals surface area contributed by atoms with Crippen LogP contribution in [0.4, 0.5) is 0 Å². The van der Waals surface area contributed by atoms with E-state index in [0.29, 0.717) is 0 Å². The standard InChI is InChI=1S/C6H11N5O2/c1-2(12)3-4(13)10-6(9-3)11-5(7)8/h2-3,12H,1H3,(H5,7,8,9,10,11,13). The molecule has 0 aromatic carbocycles. The van der Waals surface area contributed by atoms with Gasteiger partial charge in [-0.1, -0.05) is 0 Å². The number of amides is 1. The fraction of sp³-hybridized carbons (Fsp3) is 0.500. The highest BCUT2D eigenvalue weighted by Gasteiger charge is 2.29. The molecular formula is C6H11N5O2. The van der Waals surface area contributed by atoms with Gasteiger partial charge in [-0.2, -0.15) is 4.99 Å². The van der Waals surface area contributed by atoms with Gasteiger partial charge in [-0.05, 0) is 6.92 Å². The molecule has 0 fully saturated rings. The summed E-state index contributed by atoms with van der Waals surface area (Å²) in [4.78, 5) is 18.4. The van der Waals surface area contributed by atoms with E-state index >= 15 is 0 Å². The maximum absolute atomic E-state index is 11.1. The molecule has 0 bridgehead atoms. The van der Waals surface area contributed by atoms with Gasteiger partial charge in [0.15, 0.2) is 12.0 Å². The number of nitrogens with zero attached hydrogens (tertiary/aromatic N) is 2. The van der Waals surface area contributed by atoms with Gasteiger partial charge in [0.1, 0.15) is 0 Å². The molecule has 72 valence electrons. The lowest BCUT2D eigenvalue weighted by Gasteiger charge is -2.05. The molecule has 7 heteroatoms.